The van der Waals surface area contributed by atoms with Crippen LogP contribution < -0.4 is 19.1 Å². The number of fused-ring (bicyclic) bond motifs is 1. The van der Waals surface area contributed by atoms with Gasteiger partial charge in [0.1, 0.15) is 34.0 Å². The number of anilines is 2. The van der Waals surface area contributed by atoms with Crippen LogP contribution in [0.5, 0.6) is 11.5 Å². The van der Waals surface area contributed by atoms with E-state index in [1.807, 2.05) is 6.07 Å². The van der Waals surface area contributed by atoms with Gasteiger partial charge >= 0.3 is 5.97 Å². The number of rotatable bonds is 10. The van der Waals surface area contributed by atoms with Crippen molar-refractivity contribution in [1.82, 2.24) is 0 Å². The Morgan fingerprint density at radius 2 is 1.48 bits per heavy atom. The van der Waals surface area contributed by atoms with Gasteiger partial charge < -0.3 is 23.9 Å². The van der Waals surface area contributed by atoms with Crippen molar-refractivity contribution < 1.29 is 41.4 Å². The molecule has 4 aromatic carbocycles. The second kappa shape index (κ2) is 13.2. The van der Waals surface area contributed by atoms with Gasteiger partial charge in [-0.2, -0.15) is 4.31 Å². The number of amides is 2. The van der Waals surface area contributed by atoms with E-state index >= 15 is 0 Å². The molecule has 1 aromatic heterocycles. The van der Waals surface area contributed by atoms with Crippen LogP contribution in [-0.4, -0.2) is 47.0 Å². The number of furan rings is 1. The molecule has 0 bridgehead atoms. The van der Waals surface area contributed by atoms with Gasteiger partial charge in [-0.15, -0.1) is 0 Å². The fourth-order valence-corrected chi connectivity index (χ4v) is 6.35. The van der Waals surface area contributed by atoms with Crippen LogP contribution in [0.25, 0.3) is 22.3 Å². The first-order valence-corrected chi connectivity index (χ1v) is 15.5. The molecule has 0 saturated carbocycles. The molecule has 5 aromatic rings. The SMILES string of the molecule is CCOC(=O)c1c(-c2ccccc2)oc2ccc(N(C(=O)c3c(OC)cccc3OC)S(=O)(=O)c3ccc(NC(C)=O)cc3)cc12. The van der Waals surface area contributed by atoms with Gasteiger partial charge in [0.05, 0.1) is 31.4 Å². The average molecular weight is 643 g/mol. The molecule has 0 atom stereocenters. The fourth-order valence-electron chi connectivity index (χ4n) is 4.96. The Morgan fingerprint density at radius 1 is 0.826 bits per heavy atom. The Hall–Kier alpha value is -5.62. The predicted molar refractivity (Wildman–Crippen MR) is 172 cm³/mol. The van der Waals surface area contributed by atoms with E-state index < -0.39 is 21.9 Å². The minimum absolute atomic E-state index is 0.0734. The van der Waals surface area contributed by atoms with Gasteiger partial charge in [-0.3, -0.25) is 9.59 Å². The first-order chi connectivity index (χ1) is 22.1. The number of nitrogens with zero attached hydrogens (tertiary/aromatic N) is 1. The maximum absolute atomic E-state index is 14.4. The van der Waals surface area contributed by atoms with Crippen LogP contribution >= 0.6 is 0 Å². The molecule has 0 aliphatic rings. The number of sulfonamides is 1. The van der Waals surface area contributed by atoms with Gasteiger partial charge in [-0.05, 0) is 61.5 Å². The van der Waals surface area contributed by atoms with Gasteiger partial charge in [0.15, 0.2) is 0 Å². The van der Waals surface area contributed by atoms with E-state index in [0.717, 1.165) is 0 Å². The molecule has 11 nitrogen and oxygen atoms in total. The second-order valence-corrected chi connectivity index (χ2v) is 11.7. The molecule has 5 rings (SSSR count). The molecular weight excluding hydrogens is 612 g/mol. The number of hydrogen-bond acceptors (Lipinski definition) is 9. The number of ether oxygens (including phenoxy) is 3. The average Bonchev–Trinajstić information content (AvgIpc) is 3.44. The van der Waals surface area contributed by atoms with Crippen molar-refractivity contribution in [2.75, 3.05) is 30.4 Å². The lowest BCUT2D eigenvalue weighted by Crippen LogP contribution is -2.37. The van der Waals surface area contributed by atoms with E-state index in [4.69, 9.17) is 18.6 Å². The molecule has 0 aliphatic heterocycles. The number of carbonyl (C=O) groups is 3. The lowest BCUT2D eigenvalue weighted by atomic mass is 10.0. The molecule has 0 aliphatic carbocycles. The van der Waals surface area contributed by atoms with Crippen molar-refractivity contribution in [3.05, 3.63) is 102 Å². The number of hydrogen-bond donors (Lipinski definition) is 1. The summed E-state index contributed by atoms with van der Waals surface area (Å²) >= 11 is 0. The largest absolute Gasteiger partial charge is 0.496 e. The summed E-state index contributed by atoms with van der Waals surface area (Å²) in [5.74, 6) is -1.62. The molecule has 2 amide bonds. The molecule has 1 N–H and O–H groups in total. The van der Waals surface area contributed by atoms with Crippen LogP contribution in [0, 0.1) is 0 Å². The minimum Gasteiger partial charge on any atom is -0.496 e. The first kappa shape index (κ1) is 31.8. The Morgan fingerprint density at radius 3 is 2.07 bits per heavy atom. The molecule has 0 radical (unpaired) electrons. The maximum atomic E-state index is 14.4. The lowest BCUT2D eigenvalue weighted by Gasteiger charge is -2.24. The Balaban J connectivity index is 1.76. The zero-order chi connectivity index (χ0) is 33.0. The van der Waals surface area contributed by atoms with Crippen molar-refractivity contribution in [3.8, 4) is 22.8 Å². The molecule has 0 saturated heterocycles. The van der Waals surface area contributed by atoms with E-state index in [9.17, 15) is 22.8 Å². The quantitative estimate of drug-likeness (QED) is 0.174. The van der Waals surface area contributed by atoms with Crippen LogP contribution in [0.1, 0.15) is 34.6 Å². The Labute approximate surface area is 265 Å². The molecular formula is C34H30N2O9S. The number of esters is 1. The molecule has 236 valence electrons. The molecule has 46 heavy (non-hydrogen) atoms. The summed E-state index contributed by atoms with van der Waals surface area (Å²) in [5.41, 5.74) is 1.07. The summed E-state index contributed by atoms with van der Waals surface area (Å²) in [5, 5.41) is 2.82. The minimum atomic E-state index is -4.64. The van der Waals surface area contributed by atoms with Crippen molar-refractivity contribution in [1.29, 1.82) is 0 Å². The summed E-state index contributed by atoms with van der Waals surface area (Å²) in [4.78, 5) is 39.0. The molecule has 0 spiro atoms. The summed E-state index contributed by atoms with van der Waals surface area (Å²) in [6.45, 7) is 3.07. The maximum Gasteiger partial charge on any atom is 0.342 e. The highest BCUT2D eigenvalue weighted by molar-refractivity contribution is 7.93. The Bertz CT molecular complexity index is 2010. The first-order valence-electron chi connectivity index (χ1n) is 14.1. The van der Waals surface area contributed by atoms with E-state index in [-0.39, 0.29) is 62.5 Å². The third kappa shape index (κ3) is 6.02. The van der Waals surface area contributed by atoms with Gasteiger partial charge in [-0.25, -0.2) is 13.2 Å². The topological polar surface area (TPSA) is 141 Å². The third-order valence-corrected chi connectivity index (χ3v) is 8.69. The zero-order valence-electron chi connectivity index (χ0n) is 25.4. The molecule has 0 unspecified atom stereocenters. The second-order valence-electron chi connectivity index (χ2n) is 9.89. The van der Waals surface area contributed by atoms with Crippen molar-refractivity contribution in [2.24, 2.45) is 0 Å². The van der Waals surface area contributed by atoms with Crippen LogP contribution in [0.4, 0.5) is 11.4 Å². The van der Waals surface area contributed by atoms with E-state index in [2.05, 4.69) is 5.32 Å². The van der Waals surface area contributed by atoms with E-state index in [1.54, 1.807) is 37.3 Å². The van der Waals surface area contributed by atoms with Gasteiger partial charge in [-0.1, -0.05) is 36.4 Å². The van der Waals surface area contributed by atoms with Crippen molar-refractivity contribution >= 4 is 50.2 Å². The number of nitrogens with one attached hydrogen (secondary N) is 1. The summed E-state index contributed by atoms with van der Waals surface area (Å²) in [7, 11) is -1.95. The van der Waals surface area contributed by atoms with Crippen LogP contribution in [0.15, 0.2) is 100 Å². The van der Waals surface area contributed by atoms with Gasteiger partial charge in [0.2, 0.25) is 5.91 Å². The Kier molecular flexibility index (Phi) is 9.10. The lowest BCUT2D eigenvalue weighted by molar-refractivity contribution is -0.114. The summed E-state index contributed by atoms with van der Waals surface area (Å²) in [6, 6.07) is 23.2. The molecule has 1 heterocycles. The highest BCUT2D eigenvalue weighted by Crippen LogP contribution is 2.39. The van der Waals surface area contributed by atoms with E-state index in [0.29, 0.717) is 15.6 Å². The number of methoxy groups -OCH3 is 2. The zero-order valence-corrected chi connectivity index (χ0v) is 26.2. The predicted octanol–water partition coefficient (Wildman–Crippen LogP) is 6.29. The normalized spacial score (nSPS) is 11.1. The van der Waals surface area contributed by atoms with Crippen molar-refractivity contribution in [3.63, 3.8) is 0 Å². The third-order valence-electron chi connectivity index (χ3n) is 6.96. The van der Waals surface area contributed by atoms with Gasteiger partial charge in [0, 0.05) is 23.6 Å². The van der Waals surface area contributed by atoms with Crippen LogP contribution in [0.3, 0.4) is 0 Å². The number of benzene rings is 4. The molecule has 12 heteroatoms. The smallest absolute Gasteiger partial charge is 0.342 e. The van der Waals surface area contributed by atoms with Crippen molar-refractivity contribution in [2.45, 2.75) is 18.7 Å². The van der Waals surface area contributed by atoms with E-state index in [1.165, 1.54) is 75.7 Å². The number of carbonyl (C=O) groups excluding carboxylic acids is 3. The fraction of sp³-hybridized carbons (Fsp3) is 0.147. The molecule has 0 fully saturated rings. The van der Waals surface area contributed by atoms with Crippen LogP contribution in [0.2, 0.25) is 0 Å². The van der Waals surface area contributed by atoms with Crippen LogP contribution in [-0.2, 0) is 19.6 Å². The van der Waals surface area contributed by atoms with Gasteiger partial charge in [0.25, 0.3) is 15.9 Å². The monoisotopic (exact) mass is 642 g/mol. The standard InChI is InChI=1S/C34H30N2O9S/c1-5-44-34(39)30-26-20-24(16-19-27(26)45-32(30)22-10-7-6-8-11-22)36(33(38)31-28(42-3)12-9-13-29(31)43-4)46(40,41)25-17-14-23(15-18-25)35-21(2)37/h6-20H,5H2,1-4H3,(H,35,37). The summed E-state index contributed by atoms with van der Waals surface area (Å²) < 4.78 is 51.7. The highest BCUT2D eigenvalue weighted by atomic mass is 32.2. The summed E-state index contributed by atoms with van der Waals surface area (Å²) in [6.07, 6.45) is 0. The highest BCUT2D eigenvalue weighted by Gasteiger charge is 2.36.